The van der Waals surface area contributed by atoms with Crippen LogP contribution in [0, 0.1) is 5.82 Å². The van der Waals surface area contributed by atoms with Gasteiger partial charge in [0.05, 0.1) is 16.8 Å². The molecule has 0 amide bonds. The number of fused-ring (bicyclic) bond motifs is 1. The lowest BCUT2D eigenvalue weighted by Crippen LogP contribution is -1.95. The summed E-state index contributed by atoms with van der Waals surface area (Å²) in [6.45, 7) is 0. The number of rotatable bonds is 2. The fourth-order valence-corrected chi connectivity index (χ4v) is 2.86. The van der Waals surface area contributed by atoms with Crippen LogP contribution in [0.2, 0.25) is 0 Å². The third-order valence-electron chi connectivity index (χ3n) is 2.60. The number of carboxylic acid groups (broad SMARTS) is 1. The SMILES string of the molecule is O=C(O)c1cn[nH]c1-c1cc2ccc(F)cc2s1. The fourth-order valence-electron chi connectivity index (χ4n) is 1.76. The molecule has 2 aromatic heterocycles. The van der Waals surface area contributed by atoms with Crippen molar-refractivity contribution in [2.45, 2.75) is 0 Å². The Morgan fingerprint density at radius 3 is 3.00 bits per heavy atom. The summed E-state index contributed by atoms with van der Waals surface area (Å²) < 4.78 is 13.9. The van der Waals surface area contributed by atoms with E-state index < -0.39 is 5.97 Å². The van der Waals surface area contributed by atoms with Gasteiger partial charge in [0.1, 0.15) is 11.4 Å². The molecule has 0 saturated carbocycles. The molecule has 0 aliphatic carbocycles. The minimum atomic E-state index is -1.04. The summed E-state index contributed by atoms with van der Waals surface area (Å²) in [5, 5.41) is 16.3. The Bertz CT molecular complexity index is 747. The van der Waals surface area contributed by atoms with E-state index in [0.717, 1.165) is 15.0 Å². The van der Waals surface area contributed by atoms with Gasteiger partial charge < -0.3 is 5.11 Å². The third kappa shape index (κ3) is 1.67. The number of carboxylic acids is 1. The van der Waals surface area contributed by atoms with E-state index in [4.69, 9.17) is 5.11 Å². The third-order valence-corrected chi connectivity index (χ3v) is 3.71. The van der Waals surface area contributed by atoms with Crippen LogP contribution in [0.3, 0.4) is 0 Å². The molecule has 0 fully saturated rings. The van der Waals surface area contributed by atoms with Crippen molar-refractivity contribution in [1.29, 1.82) is 0 Å². The molecule has 90 valence electrons. The van der Waals surface area contributed by atoms with E-state index in [9.17, 15) is 9.18 Å². The van der Waals surface area contributed by atoms with E-state index in [1.807, 2.05) is 6.07 Å². The van der Waals surface area contributed by atoms with E-state index in [1.54, 1.807) is 6.07 Å². The molecule has 0 atom stereocenters. The maximum atomic E-state index is 13.1. The zero-order valence-corrected chi connectivity index (χ0v) is 9.79. The minimum Gasteiger partial charge on any atom is -0.478 e. The Morgan fingerprint density at radius 1 is 1.39 bits per heavy atom. The van der Waals surface area contributed by atoms with Crippen molar-refractivity contribution >= 4 is 27.4 Å². The summed E-state index contributed by atoms with van der Waals surface area (Å²) in [6, 6.07) is 6.30. The molecule has 0 unspecified atom stereocenters. The molecule has 2 heterocycles. The van der Waals surface area contributed by atoms with Gasteiger partial charge in [-0.05, 0) is 23.6 Å². The molecule has 0 spiro atoms. The number of nitrogens with one attached hydrogen (secondary N) is 1. The molecule has 18 heavy (non-hydrogen) atoms. The second-order valence-corrected chi connectivity index (χ2v) is 4.84. The summed E-state index contributed by atoms with van der Waals surface area (Å²) >= 11 is 1.33. The molecule has 2 N–H and O–H groups in total. The van der Waals surface area contributed by atoms with Crippen LogP contribution in [0.15, 0.2) is 30.5 Å². The lowest BCUT2D eigenvalue weighted by atomic mass is 10.2. The Balaban J connectivity index is 2.19. The molecule has 0 bridgehead atoms. The number of hydrogen-bond donors (Lipinski definition) is 2. The smallest absolute Gasteiger partial charge is 0.339 e. The second kappa shape index (κ2) is 3.92. The number of thiophene rings is 1. The Kier molecular flexibility index (Phi) is 2.38. The van der Waals surface area contributed by atoms with Gasteiger partial charge in [0.2, 0.25) is 0 Å². The highest BCUT2D eigenvalue weighted by Gasteiger charge is 2.16. The van der Waals surface area contributed by atoms with E-state index in [1.165, 1.54) is 29.7 Å². The zero-order valence-electron chi connectivity index (χ0n) is 8.98. The molecule has 3 aromatic rings. The predicted octanol–water partition coefficient (Wildman–Crippen LogP) is 3.13. The van der Waals surface area contributed by atoms with E-state index in [0.29, 0.717) is 5.69 Å². The quantitative estimate of drug-likeness (QED) is 0.745. The number of aromatic amines is 1. The summed E-state index contributed by atoms with van der Waals surface area (Å²) in [6.07, 6.45) is 1.27. The van der Waals surface area contributed by atoms with Crippen molar-refractivity contribution in [1.82, 2.24) is 10.2 Å². The number of aromatic carboxylic acids is 1. The van der Waals surface area contributed by atoms with Crippen molar-refractivity contribution in [3.63, 3.8) is 0 Å². The minimum absolute atomic E-state index is 0.113. The fraction of sp³-hybridized carbons (Fsp3) is 0. The van der Waals surface area contributed by atoms with Gasteiger partial charge >= 0.3 is 5.97 Å². The Labute approximate surface area is 105 Å². The van der Waals surface area contributed by atoms with Gasteiger partial charge in [-0.3, -0.25) is 5.10 Å². The summed E-state index contributed by atoms with van der Waals surface area (Å²) in [4.78, 5) is 11.7. The first-order chi connectivity index (χ1) is 8.65. The van der Waals surface area contributed by atoms with Crippen molar-refractivity contribution in [2.24, 2.45) is 0 Å². The molecular weight excluding hydrogens is 255 g/mol. The lowest BCUT2D eigenvalue weighted by molar-refractivity contribution is 0.0698. The molecule has 1 aromatic carbocycles. The summed E-state index contributed by atoms with van der Waals surface area (Å²) in [7, 11) is 0. The van der Waals surface area contributed by atoms with Crippen molar-refractivity contribution in [3.8, 4) is 10.6 Å². The van der Waals surface area contributed by atoms with Crippen LogP contribution in [0.4, 0.5) is 4.39 Å². The van der Waals surface area contributed by atoms with E-state index >= 15 is 0 Å². The Hall–Kier alpha value is -2.21. The first-order valence-electron chi connectivity index (χ1n) is 5.11. The van der Waals surface area contributed by atoms with Crippen molar-refractivity contribution in [3.05, 3.63) is 41.8 Å². The van der Waals surface area contributed by atoms with E-state index in [2.05, 4.69) is 10.2 Å². The first kappa shape index (κ1) is 10.9. The van der Waals surface area contributed by atoms with Crippen LogP contribution in [-0.2, 0) is 0 Å². The van der Waals surface area contributed by atoms with Crippen LogP contribution < -0.4 is 0 Å². The standard InChI is InChI=1S/C12H7FN2O2S/c13-7-2-1-6-3-10(18-9(6)4-7)11-8(12(16)17)5-14-15-11/h1-5H,(H,14,15)(H,16,17). The highest BCUT2D eigenvalue weighted by Crippen LogP contribution is 2.34. The maximum absolute atomic E-state index is 13.1. The molecular formula is C12H7FN2O2S. The number of nitrogens with zero attached hydrogens (tertiary/aromatic N) is 1. The lowest BCUT2D eigenvalue weighted by Gasteiger charge is -1.93. The van der Waals surface area contributed by atoms with Crippen LogP contribution in [0.1, 0.15) is 10.4 Å². The first-order valence-corrected chi connectivity index (χ1v) is 5.93. The van der Waals surface area contributed by atoms with Gasteiger partial charge in [0.15, 0.2) is 0 Å². The van der Waals surface area contributed by atoms with Crippen LogP contribution in [0.25, 0.3) is 20.7 Å². The number of hydrogen-bond acceptors (Lipinski definition) is 3. The largest absolute Gasteiger partial charge is 0.478 e. The highest BCUT2D eigenvalue weighted by atomic mass is 32.1. The van der Waals surface area contributed by atoms with Gasteiger partial charge in [-0.15, -0.1) is 11.3 Å². The number of aromatic nitrogens is 2. The van der Waals surface area contributed by atoms with Crippen LogP contribution in [0.5, 0.6) is 0 Å². The molecule has 4 nitrogen and oxygen atoms in total. The molecule has 3 rings (SSSR count). The number of carbonyl (C=O) groups is 1. The highest BCUT2D eigenvalue weighted by molar-refractivity contribution is 7.22. The Morgan fingerprint density at radius 2 is 2.22 bits per heavy atom. The number of halogens is 1. The predicted molar refractivity (Wildman–Crippen MR) is 66.3 cm³/mol. The van der Waals surface area contributed by atoms with Crippen LogP contribution in [-0.4, -0.2) is 21.3 Å². The normalized spacial score (nSPS) is 10.9. The molecule has 0 aliphatic rings. The molecule has 6 heteroatoms. The average Bonchev–Trinajstić information content (AvgIpc) is 2.93. The second-order valence-electron chi connectivity index (χ2n) is 3.76. The zero-order chi connectivity index (χ0) is 12.7. The molecule has 0 aliphatic heterocycles. The monoisotopic (exact) mass is 262 g/mol. The van der Waals surface area contributed by atoms with Gasteiger partial charge in [-0.1, -0.05) is 6.07 Å². The topological polar surface area (TPSA) is 66.0 Å². The maximum Gasteiger partial charge on any atom is 0.339 e. The van der Waals surface area contributed by atoms with Gasteiger partial charge in [0.25, 0.3) is 0 Å². The summed E-state index contributed by atoms with van der Waals surface area (Å²) in [5.41, 5.74) is 0.561. The number of H-pyrrole nitrogens is 1. The molecule has 0 saturated heterocycles. The number of benzene rings is 1. The summed E-state index contributed by atoms with van der Waals surface area (Å²) in [5.74, 6) is -1.35. The van der Waals surface area contributed by atoms with Gasteiger partial charge in [-0.25, -0.2) is 9.18 Å². The van der Waals surface area contributed by atoms with Gasteiger partial charge in [0, 0.05) is 4.70 Å². The van der Waals surface area contributed by atoms with E-state index in [-0.39, 0.29) is 11.4 Å². The van der Waals surface area contributed by atoms with Crippen molar-refractivity contribution in [2.75, 3.05) is 0 Å². The van der Waals surface area contributed by atoms with Crippen molar-refractivity contribution < 1.29 is 14.3 Å². The molecule has 0 radical (unpaired) electrons. The van der Waals surface area contributed by atoms with Gasteiger partial charge in [-0.2, -0.15) is 5.10 Å². The van der Waals surface area contributed by atoms with Crippen LogP contribution >= 0.6 is 11.3 Å². The average molecular weight is 262 g/mol.